The highest BCUT2D eigenvalue weighted by atomic mass is 32.2. The summed E-state index contributed by atoms with van der Waals surface area (Å²) in [5.74, 6) is -1.35. The molecular formula is C13H15NO4S. The molecule has 1 aliphatic rings. The zero-order valence-electron chi connectivity index (χ0n) is 11.1. The lowest BCUT2D eigenvalue weighted by atomic mass is 10.0. The van der Waals surface area contributed by atoms with Crippen LogP contribution in [0.1, 0.15) is 21.5 Å². The standard InChI is InChI=1S/C13H15NO4S/c1-8-6-9(2)11-10(7-8)14(13(16)12(11)15)4-5-19(3,17)18/h6-7H,4-5H2,1-3H3. The number of aryl methyl sites for hydroxylation is 2. The summed E-state index contributed by atoms with van der Waals surface area (Å²) in [6.45, 7) is 3.66. The third-order valence-corrected chi connectivity index (χ3v) is 4.03. The van der Waals surface area contributed by atoms with Gasteiger partial charge in [-0.15, -0.1) is 0 Å². The highest BCUT2D eigenvalue weighted by molar-refractivity contribution is 7.90. The maximum atomic E-state index is 11.9. The third-order valence-electron chi connectivity index (χ3n) is 3.10. The minimum absolute atomic E-state index is 0.0132. The first-order valence-corrected chi connectivity index (χ1v) is 7.92. The van der Waals surface area contributed by atoms with Crippen molar-refractivity contribution in [2.24, 2.45) is 0 Å². The molecule has 102 valence electrons. The first kappa shape index (κ1) is 13.7. The molecule has 6 heteroatoms. The second-order valence-electron chi connectivity index (χ2n) is 4.89. The topological polar surface area (TPSA) is 71.5 Å². The average Bonchev–Trinajstić information content (AvgIpc) is 2.48. The zero-order valence-corrected chi connectivity index (χ0v) is 11.9. The summed E-state index contributed by atoms with van der Waals surface area (Å²) in [6.07, 6.45) is 1.11. The van der Waals surface area contributed by atoms with E-state index >= 15 is 0 Å². The van der Waals surface area contributed by atoms with Crippen molar-refractivity contribution in [2.45, 2.75) is 13.8 Å². The summed E-state index contributed by atoms with van der Waals surface area (Å²) in [6, 6.07) is 3.58. The van der Waals surface area contributed by atoms with Crippen LogP contribution >= 0.6 is 0 Å². The molecule has 1 aliphatic heterocycles. The fourth-order valence-electron chi connectivity index (χ4n) is 2.27. The molecule has 0 bridgehead atoms. The van der Waals surface area contributed by atoms with Crippen molar-refractivity contribution in [1.82, 2.24) is 0 Å². The minimum Gasteiger partial charge on any atom is -0.304 e. The van der Waals surface area contributed by atoms with Crippen molar-refractivity contribution >= 4 is 27.2 Å². The van der Waals surface area contributed by atoms with Gasteiger partial charge in [0.05, 0.1) is 17.0 Å². The molecule has 5 nitrogen and oxygen atoms in total. The van der Waals surface area contributed by atoms with Gasteiger partial charge < -0.3 is 4.90 Å². The molecular weight excluding hydrogens is 266 g/mol. The van der Waals surface area contributed by atoms with Crippen LogP contribution in [-0.4, -0.2) is 38.7 Å². The normalized spacial score (nSPS) is 15.0. The number of rotatable bonds is 3. The molecule has 2 rings (SSSR count). The van der Waals surface area contributed by atoms with Gasteiger partial charge in [0.25, 0.3) is 11.7 Å². The number of benzene rings is 1. The second kappa shape index (κ2) is 4.45. The quantitative estimate of drug-likeness (QED) is 0.771. The van der Waals surface area contributed by atoms with Crippen molar-refractivity contribution in [1.29, 1.82) is 0 Å². The van der Waals surface area contributed by atoms with Crippen LogP contribution in [0.2, 0.25) is 0 Å². The van der Waals surface area contributed by atoms with E-state index in [1.54, 1.807) is 13.0 Å². The molecule has 0 saturated carbocycles. The van der Waals surface area contributed by atoms with E-state index < -0.39 is 21.5 Å². The number of sulfone groups is 1. The summed E-state index contributed by atoms with van der Waals surface area (Å²) in [4.78, 5) is 25.1. The van der Waals surface area contributed by atoms with Gasteiger partial charge in [-0.3, -0.25) is 9.59 Å². The Morgan fingerprint density at radius 3 is 2.37 bits per heavy atom. The lowest BCUT2D eigenvalue weighted by molar-refractivity contribution is -0.114. The second-order valence-corrected chi connectivity index (χ2v) is 7.15. The molecule has 0 atom stereocenters. The van der Waals surface area contributed by atoms with E-state index in [1.807, 2.05) is 13.0 Å². The monoisotopic (exact) mass is 281 g/mol. The highest BCUT2D eigenvalue weighted by Gasteiger charge is 2.37. The molecule has 1 amide bonds. The third kappa shape index (κ3) is 2.53. The number of carbonyl (C=O) groups is 2. The van der Waals surface area contributed by atoms with Crippen LogP contribution in [0.15, 0.2) is 12.1 Å². The molecule has 0 saturated heterocycles. The number of Topliss-reactive ketones (excluding diaryl/α,β-unsaturated/α-hetero) is 1. The Kier molecular flexibility index (Phi) is 3.22. The summed E-state index contributed by atoms with van der Waals surface area (Å²) in [5.41, 5.74) is 2.60. The number of hydrogen-bond donors (Lipinski definition) is 0. The van der Waals surface area contributed by atoms with Crippen molar-refractivity contribution in [3.8, 4) is 0 Å². The van der Waals surface area contributed by atoms with Gasteiger partial charge in [-0.25, -0.2) is 8.42 Å². The van der Waals surface area contributed by atoms with E-state index in [0.717, 1.165) is 17.4 Å². The zero-order chi connectivity index (χ0) is 14.4. The molecule has 0 fully saturated rings. The fourth-order valence-corrected chi connectivity index (χ4v) is 2.79. The van der Waals surface area contributed by atoms with E-state index in [2.05, 4.69) is 0 Å². The Labute approximate surface area is 112 Å². The Bertz CT molecular complexity index is 676. The Hall–Kier alpha value is -1.69. The number of hydrogen-bond acceptors (Lipinski definition) is 4. The fraction of sp³-hybridized carbons (Fsp3) is 0.385. The molecule has 0 unspecified atom stereocenters. The molecule has 19 heavy (non-hydrogen) atoms. The molecule has 0 radical (unpaired) electrons. The van der Waals surface area contributed by atoms with Crippen LogP contribution in [0.5, 0.6) is 0 Å². The number of anilines is 1. The van der Waals surface area contributed by atoms with Gasteiger partial charge >= 0.3 is 0 Å². The van der Waals surface area contributed by atoms with Gasteiger partial charge in [-0.05, 0) is 31.0 Å². The number of nitrogens with zero attached hydrogens (tertiary/aromatic N) is 1. The molecule has 0 aromatic heterocycles. The molecule has 0 aliphatic carbocycles. The van der Waals surface area contributed by atoms with Crippen molar-refractivity contribution in [3.63, 3.8) is 0 Å². The summed E-state index contributed by atoms with van der Waals surface area (Å²) < 4.78 is 22.4. The first-order valence-electron chi connectivity index (χ1n) is 5.86. The van der Waals surface area contributed by atoms with Gasteiger partial charge in [0.1, 0.15) is 9.84 Å². The van der Waals surface area contributed by atoms with E-state index in [1.165, 1.54) is 4.90 Å². The summed E-state index contributed by atoms with van der Waals surface area (Å²) in [7, 11) is -3.18. The van der Waals surface area contributed by atoms with Gasteiger partial charge in [0.15, 0.2) is 0 Å². The smallest absolute Gasteiger partial charge is 0.299 e. The number of amides is 1. The maximum absolute atomic E-state index is 11.9. The summed E-state index contributed by atoms with van der Waals surface area (Å²) in [5, 5.41) is 0. The van der Waals surface area contributed by atoms with Crippen LogP contribution in [-0.2, 0) is 14.6 Å². The molecule has 0 N–H and O–H groups in total. The van der Waals surface area contributed by atoms with Crippen molar-refractivity contribution in [3.05, 3.63) is 28.8 Å². The van der Waals surface area contributed by atoms with Crippen molar-refractivity contribution in [2.75, 3.05) is 23.5 Å². The predicted octanol–water partition coefficient (Wildman–Crippen LogP) is 0.877. The molecule has 1 heterocycles. The molecule has 1 aromatic carbocycles. The van der Waals surface area contributed by atoms with Gasteiger partial charge in [-0.1, -0.05) is 6.07 Å². The van der Waals surface area contributed by atoms with E-state index in [0.29, 0.717) is 11.3 Å². The van der Waals surface area contributed by atoms with E-state index in [-0.39, 0.29) is 12.3 Å². The number of ketones is 1. The highest BCUT2D eigenvalue weighted by Crippen LogP contribution is 2.32. The van der Waals surface area contributed by atoms with Gasteiger partial charge in [0, 0.05) is 12.8 Å². The van der Waals surface area contributed by atoms with Gasteiger partial charge in [-0.2, -0.15) is 0 Å². The Morgan fingerprint density at radius 2 is 1.79 bits per heavy atom. The number of carbonyl (C=O) groups excluding carboxylic acids is 2. The lowest BCUT2D eigenvalue weighted by Crippen LogP contribution is -2.33. The van der Waals surface area contributed by atoms with E-state index in [4.69, 9.17) is 0 Å². The van der Waals surface area contributed by atoms with E-state index in [9.17, 15) is 18.0 Å². The van der Waals surface area contributed by atoms with Crippen LogP contribution in [0, 0.1) is 13.8 Å². The maximum Gasteiger partial charge on any atom is 0.299 e. The lowest BCUT2D eigenvalue weighted by Gasteiger charge is -2.16. The van der Waals surface area contributed by atoms with Crippen molar-refractivity contribution < 1.29 is 18.0 Å². The van der Waals surface area contributed by atoms with Crippen LogP contribution < -0.4 is 4.90 Å². The Balaban J connectivity index is 2.44. The average molecular weight is 281 g/mol. The largest absolute Gasteiger partial charge is 0.304 e. The van der Waals surface area contributed by atoms with Crippen LogP contribution in [0.3, 0.4) is 0 Å². The van der Waals surface area contributed by atoms with Crippen LogP contribution in [0.25, 0.3) is 0 Å². The minimum atomic E-state index is -3.18. The van der Waals surface area contributed by atoms with Gasteiger partial charge in [0.2, 0.25) is 0 Å². The predicted molar refractivity (Wildman–Crippen MR) is 72.3 cm³/mol. The number of fused-ring (bicyclic) bond motifs is 1. The first-order chi connectivity index (χ1) is 8.70. The molecule has 1 aromatic rings. The summed E-state index contributed by atoms with van der Waals surface area (Å²) >= 11 is 0. The van der Waals surface area contributed by atoms with Crippen LogP contribution in [0.4, 0.5) is 5.69 Å². The Morgan fingerprint density at radius 1 is 1.16 bits per heavy atom. The SMILES string of the molecule is Cc1cc(C)c2c(c1)N(CCS(C)(=O)=O)C(=O)C2=O. The molecule has 0 spiro atoms.